The number of aromatic nitrogens is 1. The van der Waals surface area contributed by atoms with Crippen molar-refractivity contribution in [3.8, 4) is 0 Å². The van der Waals surface area contributed by atoms with Crippen molar-refractivity contribution in [3.63, 3.8) is 0 Å². The molecule has 3 aliphatic rings. The molecule has 4 heteroatoms. The summed E-state index contributed by atoms with van der Waals surface area (Å²) in [5.41, 5.74) is 4.05. The van der Waals surface area contributed by atoms with Crippen LogP contribution in [-0.4, -0.2) is 40.0 Å². The van der Waals surface area contributed by atoms with Gasteiger partial charge in [-0.3, -0.25) is 14.8 Å². The van der Waals surface area contributed by atoms with Crippen molar-refractivity contribution >= 4 is 15.9 Å². The number of fused-ring (bicyclic) bond motifs is 2. The summed E-state index contributed by atoms with van der Waals surface area (Å²) < 4.78 is 1.05. The van der Waals surface area contributed by atoms with Gasteiger partial charge in [0.15, 0.2) is 0 Å². The second-order valence-corrected chi connectivity index (χ2v) is 7.72. The maximum Gasteiger partial charge on any atom is 0.0544 e. The average Bonchev–Trinajstić information content (AvgIpc) is 2.56. The van der Waals surface area contributed by atoms with Crippen molar-refractivity contribution in [2.45, 2.75) is 38.5 Å². The van der Waals surface area contributed by atoms with E-state index in [4.69, 9.17) is 0 Å². The Morgan fingerprint density at radius 1 is 1.09 bits per heavy atom. The molecule has 4 heterocycles. The lowest BCUT2D eigenvalue weighted by Gasteiger charge is -2.56. The van der Waals surface area contributed by atoms with E-state index in [9.17, 15) is 0 Å². The molecule has 0 saturated carbocycles. The van der Waals surface area contributed by atoms with Crippen molar-refractivity contribution < 1.29 is 0 Å². The normalized spacial score (nSPS) is 24.4. The van der Waals surface area contributed by atoms with Gasteiger partial charge in [-0.2, -0.15) is 0 Å². The summed E-state index contributed by atoms with van der Waals surface area (Å²) in [5, 5.41) is 0. The fourth-order valence-corrected chi connectivity index (χ4v) is 4.11. The van der Waals surface area contributed by atoms with Gasteiger partial charge in [-0.15, -0.1) is 0 Å². The van der Waals surface area contributed by atoms with Gasteiger partial charge in [-0.1, -0.05) is 24.3 Å². The van der Waals surface area contributed by atoms with Gasteiger partial charge in [0.1, 0.15) is 0 Å². The summed E-state index contributed by atoms with van der Waals surface area (Å²) in [6, 6.07) is 14.4. The van der Waals surface area contributed by atoms with Crippen molar-refractivity contribution in [1.82, 2.24) is 14.8 Å². The number of piperidine rings is 1. The molecule has 1 aromatic carbocycles. The first kappa shape index (κ1) is 15.3. The predicted molar refractivity (Wildman–Crippen MR) is 96.1 cm³/mol. The number of pyridine rings is 1. The van der Waals surface area contributed by atoms with E-state index in [-0.39, 0.29) is 0 Å². The Bertz CT molecular complexity index is 673. The lowest BCUT2D eigenvalue weighted by molar-refractivity contribution is -0.0778. The molecule has 0 amide bonds. The first-order valence-corrected chi connectivity index (χ1v) is 9.11. The Morgan fingerprint density at radius 3 is 2.57 bits per heavy atom. The highest BCUT2D eigenvalue weighted by Gasteiger charge is 2.44. The van der Waals surface area contributed by atoms with Crippen molar-refractivity contribution in [3.05, 3.63) is 63.9 Å². The minimum atomic E-state index is 0.712. The number of benzene rings is 1. The van der Waals surface area contributed by atoms with E-state index in [1.54, 1.807) is 0 Å². The van der Waals surface area contributed by atoms with E-state index in [2.05, 4.69) is 74.0 Å². The monoisotopic (exact) mass is 371 g/mol. The minimum absolute atomic E-state index is 0.712. The van der Waals surface area contributed by atoms with Crippen molar-refractivity contribution in [2.75, 3.05) is 13.1 Å². The largest absolute Gasteiger partial charge is 0.294 e. The number of piperazine rings is 1. The zero-order chi connectivity index (χ0) is 15.8. The van der Waals surface area contributed by atoms with Crippen LogP contribution in [0.4, 0.5) is 0 Å². The molecule has 3 saturated heterocycles. The molecule has 0 spiro atoms. The maximum absolute atomic E-state index is 4.51. The van der Waals surface area contributed by atoms with Gasteiger partial charge in [-0.05, 0) is 52.5 Å². The summed E-state index contributed by atoms with van der Waals surface area (Å²) in [7, 11) is 0. The summed E-state index contributed by atoms with van der Waals surface area (Å²) in [4.78, 5) is 9.76. The molecule has 3 aliphatic heterocycles. The van der Waals surface area contributed by atoms with Gasteiger partial charge in [0.25, 0.3) is 0 Å². The van der Waals surface area contributed by atoms with Crippen LogP contribution in [0.2, 0.25) is 0 Å². The van der Waals surface area contributed by atoms with E-state index in [0.717, 1.165) is 17.6 Å². The molecule has 1 aromatic heterocycles. The standard InChI is InChI=1S/C19H22BrN3/c1-14-4-2-3-5-15(14)10-23-18-8-19(23)13-22(12-18)11-17-7-6-16(20)9-21-17/h2-7,9,18-19H,8,10-13H2,1H3. The first-order valence-electron chi connectivity index (χ1n) is 8.32. The summed E-state index contributed by atoms with van der Waals surface area (Å²) in [6.45, 7) is 6.63. The zero-order valence-electron chi connectivity index (χ0n) is 13.5. The van der Waals surface area contributed by atoms with Crippen LogP contribution in [0.1, 0.15) is 23.2 Å². The SMILES string of the molecule is Cc1ccccc1CN1C2CC1CN(Cc1ccc(Br)cn1)C2. The molecule has 2 bridgehead atoms. The van der Waals surface area contributed by atoms with E-state index < -0.39 is 0 Å². The molecule has 0 N–H and O–H groups in total. The topological polar surface area (TPSA) is 19.4 Å². The fraction of sp³-hybridized carbons (Fsp3) is 0.421. The number of nitrogens with zero attached hydrogens (tertiary/aromatic N) is 3. The summed E-state index contributed by atoms with van der Waals surface area (Å²) in [6.07, 6.45) is 3.25. The molecule has 2 atom stereocenters. The molecule has 120 valence electrons. The van der Waals surface area contributed by atoms with Crippen LogP contribution in [0.3, 0.4) is 0 Å². The van der Waals surface area contributed by atoms with E-state index in [0.29, 0.717) is 12.1 Å². The Balaban J connectivity index is 1.37. The number of hydrogen-bond donors (Lipinski definition) is 0. The molecule has 2 aromatic rings. The van der Waals surface area contributed by atoms with Crippen LogP contribution in [-0.2, 0) is 13.1 Å². The molecule has 3 fully saturated rings. The summed E-state index contributed by atoms with van der Waals surface area (Å²) >= 11 is 3.45. The third-order valence-electron chi connectivity index (χ3n) is 5.21. The highest BCUT2D eigenvalue weighted by atomic mass is 79.9. The fourth-order valence-electron chi connectivity index (χ4n) is 3.88. The lowest BCUT2D eigenvalue weighted by atomic mass is 9.86. The molecular formula is C19H22BrN3. The third-order valence-corrected chi connectivity index (χ3v) is 5.68. The zero-order valence-corrected chi connectivity index (χ0v) is 15.0. The van der Waals surface area contributed by atoms with Gasteiger partial charge >= 0.3 is 0 Å². The third kappa shape index (κ3) is 3.21. The van der Waals surface area contributed by atoms with Gasteiger partial charge in [0.05, 0.1) is 5.69 Å². The predicted octanol–water partition coefficient (Wildman–Crippen LogP) is 3.61. The molecule has 23 heavy (non-hydrogen) atoms. The Morgan fingerprint density at radius 2 is 1.87 bits per heavy atom. The second-order valence-electron chi connectivity index (χ2n) is 6.80. The second kappa shape index (κ2) is 6.34. The van der Waals surface area contributed by atoms with Crippen LogP contribution in [0.15, 0.2) is 47.1 Å². The molecule has 2 unspecified atom stereocenters. The van der Waals surface area contributed by atoms with Crippen molar-refractivity contribution in [2.24, 2.45) is 0 Å². The minimum Gasteiger partial charge on any atom is -0.294 e. The number of rotatable bonds is 4. The van der Waals surface area contributed by atoms with Crippen LogP contribution < -0.4 is 0 Å². The quantitative estimate of drug-likeness (QED) is 0.818. The molecule has 3 nitrogen and oxygen atoms in total. The Hall–Kier alpha value is -1.23. The van der Waals surface area contributed by atoms with Gasteiger partial charge in [0, 0.05) is 48.9 Å². The van der Waals surface area contributed by atoms with Crippen LogP contribution in [0, 0.1) is 6.92 Å². The van der Waals surface area contributed by atoms with Crippen LogP contribution >= 0.6 is 15.9 Å². The van der Waals surface area contributed by atoms with E-state index in [1.165, 1.54) is 36.3 Å². The number of hydrogen-bond acceptors (Lipinski definition) is 3. The molecular weight excluding hydrogens is 350 g/mol. The maximum atomic E-state index is 4.51. The Labute approximate surface area is 146 Å². The van der Waals surface area contributed by atoms with Gasteiger partial charge in [-0.25, -0.2) is 0 Å². The number of aryl methyl sites for hydroxylation is 1. The number of halogens is 1. The average molecular weight is 372 g/mol. The molecule has 0 aliphatic carbocycles. The lowest BCUT2D eigenvalue weighted by Crippen LogP contribution is -2.67. The Kier molecular flexibility index (Phi) is 4.22. The van der Waals surface area contributed by atoms with E-state index >= 15 is 0 Å². The van der Waals surface area contributed by atoms with Crippen LogP contribution in [0.25, 0.3) is 0 Å². The van der Waals surface area contributed by atoms with Gasteiger partial charge in [0.2, 0.25) is 0 Å². The highest BCUT2D eigenvalue weighted by molar-refractivity contribution is 9.10. The van der Waals surface area contributed by atoms with Crippen LogP contribution in [0.5, 0.6) is 0 Å². The summed E-state index contributed by atoms with van der Waals surface area (Å²) in [5.74, 6) is 0. The first-order chi connectivity index (χ1) is 11.2. The molecule has 5 rings (SSSR count). The van der Waals surface area contributed by atoms with E-state index in [1.807, 2.05) is 6.20 Å². The molecule has 0 radical (unpaired) electrons. The van der Waals surface area contributed by atoms with Crippen molar-refractivity contribution in [1.29, 1.82) is 0 Å². The highest BCUT2D eigenvalue weighted by Crippen LogP contribution is 2.34. The smallest absolute Gasteiger partial charge is 0.0544 e. The van der Waals surface area contributed by atoms with Gasteiger partial charge < -0.3 is 0 Å².